The number of hydrogen-bond acceptors (Lipinski definition) is 6. The maximum atomic E-state index is 12.6. The fourth-order valence-electron chi connectivity index (χ4n) is 4.30. The monoisotopic (exact) mass is 473 g/mol. The van der Waals surface area contributed by atoms with Crippen LogP contribution >= 0.6 is 0 Å². The maximum Gasteiger partial charge on any atom is 0.309 e. The van der Waals surface area contributed by atoms with Crippen molar-refractivity contribution in [2.24, 2.45) is 5.92 Å². The first-order chi connectivity index (χ1) is 17.0. The molecule has 1 N–H and O–H groups in total. The summed E-state index contributed by atoms with van der Waals surface area (Å²) >= 11 is 0. The molecule has 35 heavy (non-hydrogen) atoms. The zero-order valence-corrected chi connectivity index (χ0v) is 19.3. The van der Waals surface area contributed by atoms with Crippen LogP contribution in [0.2, 0.25) is 0 Å². The molecule has 1 aliphatic rings. The number of hydrogen-bond donors (Lipinski definition) is 1. The summed E-state index contributed by atoms with van der Waals surface area (Å²) in [7, 11) is 0. The number of piperidine rings is 1. The standard InChI is InChI=1S/C27H27N3O5/c31-26(28-23-11-5-4-10-22(23)18-20-8-2-1-3-9-20)19-35-27(32)21-14-16-29(17-15-21)24-12-6-7-13-25(24)30(33)34/h1-13,21H,14-19H2,(H,28,31). The van der Waals surface area contributed by atoms with E-state index in [4.69, 9.17) is 4.74 Å². The largest absolute Gasteiger partial charge is 0.455 e. The molecular weight excluding hydrogens is 446 g/mol. The number of carbonyl (C=O) groups is 2. The summed E-state index contributed by atoms with van der Waals surface area (Å²) < 4.78 is 5.30. The zero-order chi connectivity index (χ0) is 24.6. The minimum absolute atomic E-state index is 0.0535. The first-order valence-electron chi connectivity index (χ1n) is 11.6. The van der Waals surface area contributed by atoms with Crippen molar-refractivity contribution in [2.45, 2.75) is 19.3 Å². The highest BCUT2D eigenvalue weighted by Gasteiger charge is 2.29. The number of rotatable bonds is 8. The predicted octanol–water partition coefficient (Wildman–Crippen LogP) is 4.58. The lowest BCUT2D eigenvalue weighted by Gasteiger charge is -2.32. The second-order valence-corrected chi connectivity index (χ2v) is 8.48. The Morgan fingerprint density at radius 3 is 2.34 bits per heavy atom. The summed E-state index contributed by atoms with van der Waals surface area (Å²) in [6.45, 7) is 0.649. The Bertz CT molecular complexity index is 1190. The van der Waals surface area contributed by atoms with Crippen LogP contribution in [0.1, 0.15) is 24.0 Å². The Labute approximate surface area is 203 Å². The van der Waals surface area contributed by atoms with Gasteiger partial charge in [0.2, 0.25) is 0 Å². The van der Waals surface area contributed by atoms with Gasteiger partial charge in [-0.2, -0.15) is 0 Å². The third-order valence-electron chi connectivity index (χ3n) is 6.12. The third kappa shape index (κ3) is 6.23. The van der Waals surface area contributed by atoms with Crippen molar-refractivity contribution in [3.63, 3.8) is 0 Å². The number of anilines is 2. The van der Waals surface area contributed by atoms with Crippen molar-refractivity contribution in [1.29, 1.82) is 0 Å². The summed E-state index contributed by atoms with van der Waals surface area (Å²) in [5, 5.41) is 14.1. The van der Waals surface area contributed by atoms with E-state index in [0.717, 1.165) is 11.1 Å². The highest BCUT2D eigenvalue weighted by atomic mass is 16.6. The number of esters is 1. The van der Waals surface area contributed by atoms with E-state index in [9.17, 15) is 19.7 Å². The number of carbonyl (C=O) groups excluding carboxylic acids is 2. The van der Waals surface area contributed by atoms with Crippen molar-refractivity contribution < 1.29 is 19.2 Å². The summed E-state index contributed by atoms with van der Waals surface area (Å²) in [5.41, 5.74) is 3.40. The van der Waals surface area contributed by atoms with Gasteiger partial charge in [0.25, 0.3) is 11.6 Å². The molecular formula is C27H27N3O5. The minimum atomic E-state index is -0.417. The predicted molar refractivity (Wildman–Crippen MR) is 133 cm³/mol. The number of amides is 1. The van der Waals surface area contributed by atoms with Crippen LogP contribution < -0.4 is 10.2 Å². The van der Waals surface area contributed by atoms with Crippen molar-refractivity contribution >= 4 is 28.9 Å². The third-order valence-corrected chi connectivity index (χ3v) is 6.12. The van der Waals surface area contributed by atoms with E-state index in [0.29, 0.717) is 43.7 Å². The van der Waals surface area contributed by atoms with E-state index in [1.807, 2.05) is 59.5 Å². The Morgan fingerprint density at radius 2 is 1.60 bits per heavy atom. The molecule has 0 bridgehead atoms. The molecule has 180 valence electrons. The average Bonchev–Trinajstić information content (AvgIpc) is 2.89. The molecule has 0 saturated carbocycles. The van der Waals surface area contributed by atoms with E-state index < -0.39 is 16.8 Å². The number of para-hydroxylation sites is 3. The molecule has 0 atom stereocenters. The highest BCUT2D eigenvalue weighted by molar-refractivity contribution is 5.93. The van der Waals surface area contributed by atoms with Crippen LogP contribution in [0.4, 0.5) is 17.1 Å². The molecule has 1 amide bonds. The van der Waals surface area contributed by atoms with Gasteiger partial charge in [0.1, 0.15) is 5.69 Å². The lowest BCUT2D eigenvalue weighted by Crippen LogP contribution is -2.37. The van der Waals surface area contributed by atoms with Gasteiger partial charge in [-0.15, -0.1) is 0 Å². The molecule has 1 aliphatic heterocycles. The Morgan fingerprint density at radius 1 is 0.943 bits per heavy atom. The average molecular weight is 474 g/mol. The number of benzene rings is 3. The first kappa shape index (κ1) is 23.9. The molecule has 8 heteroatoms. The van der Waals surface area contributed by atoms with Crippen molar-refractivity contribution in [2.75, 3.05) is 29.9 Å². The first-order valence-corrected chi connectivity index (χ1v) is 11.6. The molecule has 0 aliphatic carbocycles. The lowest BCUT2D eigenvalue weighted by molar-refractivity contribution is -0.384. The Balaban J connectivity index is 1.27. The van der Waals surface area contributed by atoms with Gasteiger partial charge in [-0.1, -0.05) is 60.7 Å². The number of nitro benzene ring substituents is 1. The van der Waals surface area contributed by atoms with Gasteiger partial charge in [-0.05, 0) is 42.5 Å². The minimum Gasteiger partial charge on any atom is -0.455 e. The van der Waals surface area contributed by atoms with E-state index >= 15 is 0 Å². The summed E-state index contributed by atoms with van der Waals surface area (Å²) in [6.07, 6.45) is 1.69. The van der Waals surface area contributed by atoms with Gasteiger partial charge in [-0.3, -0.25) is 19.7 Å². The second-order valence-electron chi connectivity index (χ2n) is 8.48. The summed E-state index contributed by atoms with van der Waals surface area (Å²) in [4.78, 5) is 37.8. The fraction of sp³-hybridized carbons (Fsp3) is 0.259. The van der Waals surface area contributed by atoms with E-state index in [1.54, 1.807) is 18.2 Å². The fourth-order valence-corrected chi connectivity index (χ4v) is 4.30. The van der Waals surface area contributed by atoms with E-state index in [2.05, 4.69) is 5.32 Å². The molecule has 3 aromatic carbocycles. The number of nitrogens with one attached hydrogen (secondary N) is 1. The van der Waals surface area contributed by atoms with Gasteiger partial charge >= 0.3 is 5.97 Å². The van der Waals surface area contributed by atoms with E-state index in [-0.39, 0.29) is 18.2 Å². The zero-order valence-electron chi connectivity index (χ0n) is 19.3. The Kier molecular flexibility index (Phi) is 7.72. The number of nitro groups is 1. The van der Waals surface area contributed by atoms with Gasteiger partial charge in [0.05, 0.1) is 10.8 Å². The van der Waals surface area contributed by atoms with Crippen LogP contribution in [0.3, 0.4) is 0 Å². The van der Waals surface area contributed by atoms with Crippen LogP contribution in [0.5, 0.6) is 0 Å². The topological polar surface area (TPSA) is 102 Å². The molecule has 0 radical (unpaired) electrons. The highest BCUT2D eigenvalue weighted by Crippen LogP contribution is 2.31. The maximum absolute atomic E-state index is 12.6. The molecule has 1 fully saturated rings. The van der Waals surface area contributed by atoms with Crippen LogP contribution in [0, 0.1) is 16.0 Å². The molecule has 3 aromatic rings. The molecule has 0 unspecified atom stereocenters. The molecule has 0 spiro atoms. The van der Waals surface area contributed by atoms with Crippen LogP contribution in [-0.2, 0) is 20.7 Å². The lowest BCUT2D eigenvalue weighted by atomic mass is 9.96. The summed E-state index contributed by atoms with van der Waals surface area (Å²) in [5.74, 6) is -1.15. The molecule has 4 rings (SSSR count). The van der Waals surface area contributed by atoms with Crippen molar-refractivity contribution in [3.8, 4) is 0 Å². The smallest absolute Gasteiger partial charge is 0.309 e. The number of nitrogens with zero attached hydrogens (tertiary/aromatic N) is 2. The van der Waals surface area contributed by atoms with Crippen molar-refractivity contribution in [1.82, 2.24) is 0 Å². The van der Waals surface area contributed by atoms with Crippen molar-refractivity contribution in [3.05, 3.63) is 100 Å². The molecule has 1 saturated heterocycles. The summed E-state index contributed by atoms with van der Waals surface area (Å²) in [6, 6.07) is 24.1. The molecule has 0 aromatic heterocycles. The van der Waals surface area contributed by atoms with Gasteiger partial charge in [-0.25, -0.2) is 0 Å². The molecule has 8 nitrogen and oxygen atoms in total. The quantitative estimate of drug-likeness (QED) is 0.292. The van der Waals surface area contributed by atoms with Crippen LogP contribution in [-0.4, -0.2) is 36.5 Å². The number of ether oxygens (including phenoxy) is 1. The normalized spacial score (nSPS) is 13.8. The van der Waals surface area contributed by atoms with Gasteiger partial charge < -0.3 is 15.0 Å². The van der Waals surface area contributed by atoms with Gasteiger partial charge in [0, 0.05) is 24.8 Å². The van der Waals surface area contributed by atoms with Crippen LogP contribution in [0.15, 0.2) is 78.9 Å². The van der Waals surface area contributed by atoms with Gasteiger partial charge in [0.15, 0.2) is 6.61 Å². The SMILES string of the molecule is O=C(COC(=O)C1CCN(c2ccccc2[N+](=O)[O-])CC1)Nc1ccccc1Cc1ccccc1. The second kappa shape index (κ2) is 11.3. The van der Waals surface area contributed by atoms with Crippen LogP contribution in [0.25, 0.3) is 0 Å². The molecule has 1 heterocycles. The van der Waals surface area contributed by atoms with E-state index in [1.165, 1.54) is 6.07 Å². The Hall–Kier alpha value is -4.20.